The number of rotatable bonds is 10. The molecule has 0 radical (unpaired) electrons. The average molecular weight is 425 g/mol. The molecule has 0 bridgehead atoms. The van der Waals surface area contributed by atoms with Gasteiger partial charge < -0.3 is 4.74 Å². The molecule has 0 aliphatic heterocycles. The Morgan fingerprint density at radius 1 is 1.00 bits per heavy atom. The lowest BCUT2D eigenvalue weighted by Crippen LogP contribution is -2.15. The summed E-state index contributed by atoms with van der Waals surface area (Å²) in [7, 11) is -3.78. The first-order valence-electron chi connectivity index (χ1n) is 9.23. The zero-order chi connectivity index (χ0) is 20.4. The molecule has 0 fully saturated rings. The number of amides is 1. The Morgan fingerprint density at radius 3 is 2.36 bits per heavy atom. The van der Waals surface area contributed by atoms with Crippen LogP contribution in [0.15, 0.2) is 53.4 Å². The van der Waals surface area contributed by atoms with Gasteiger partial charge in [0, 0.05) is 5.69 Å². The summed E-state index contributed by atoms with van der Waals surface area (Å²) >= 11 is 5.99. The van der Waals surface area contributed by atoms with Gasteiger partial charge in [0.1, 0.15) is 0 Å². The molecular weight excluding hydrogens is 400 g/mol. The number of sulfonamides is 1. The molecule has 2 aromatic carbocycles. The van der Waals surface area contributed by atoms with Gasteiger partial charge in [0.05, 0.1) is 22.2 Å². The minimum absolute atomic E-state index is 0.0576. The quantitative estimate of drug-likeness (QED) is 0.482. The highest BCUT2D eigenvalue weighted by atomic mass is 35.5. The molecule has 2 rings (SSSR count). The van der Waals surface area contributed by atoms with Crippen molar-refractivity contribution in [1.82, 2.24) is 0 Å². The number of anilines is 2. The summed E-state index contributed by atoms with van der Waals surface area (Å²) in [5, 5.41) is 2.89. The Morgan fingerprint density at radius 2 is 1.68 bits per heavy atom. The van der Waals surface area contributed by atoms with Crippen LogP contribution in [-0.2, 0) is 14.8 Å². The first kappa shape index (κ1) is 22.0. The van der Waals surface area contributed by atoms with E-state index in [0.29, 0.717) is 23.0 Å². The van der Waals surface area contributed by atoms with Crippen LogP contribution >= 0.6 is 11.6 Å². The molecule has 8 heteroatoms. The zero-order valence-electron chi connectivity index (χ0n) is 15.8. The number of halogens is 1. The number of hydrogen-bond donors (Lipinski definition) is 2. The van der Waals surface area contributed by atoms with Crippen LogP contribution in [0.5, 0.6) is 0 Å². The largest absolute Gasteiger partial charge is 0.449 e. The van der Waals surface area contributed by atoms with Gasteiger partial charge in [-0.3, -0.25) is 10.0 Å². The van der Waals surface area contributed by atoms with Crippen LogP contribution in [0.2, 0.25) is 5.02 Å². The Kier molecular flexibility index (Phi) is 8.60. The maximum absolute atomic E-state index is 12.5. The highest BCUT2D eigenvalue weighted by Gasteiger charge is 2.15. The Balaban J connectivity index is 1.87. The summed E-state index contributed by atoms with van der Waals surface area (Å²) in [5.41, 5.74) is 0.751. The van der Waals surface area contributed by atoms with Crippen molar-refractivity contribution in [1.29, 1.82) is 0 Å². The van der Waals surface area contributed by atoms with E-state index in [1.807, 2.05) is 0 Å². The van der Waals surface area contributed by atoms with E-state index in [0.717, 1.165) is 19.3 Å². The molecule has 0 atom stereocenters. The van der Waals surface area contributed by atoms with E-state index in [4.69, 9.17) is 16.3 Å². The topological polar surface area (TPSA) is 84.5 Å². The van der Waals surface area contributed by atoms with Crippen molar-refractivity contribution in [3.05, 3.63) is 53.6 Å². The molecule has 6 nitrogen and oxygen atoms in total. The van der Waals surface area contributed by atoms with Crippen LogP contribution in [0.25, 0.3) is 0 Å². The third-order valence-corrected chi connectivity index (χ3v) is 5.72. The van der Waals surface area contributed by atoms with E-state index < -0.39 is 16.1 Å². The molecule has 2 N–H and O–H groups in total. The minimum Gasteiger partial charge on any atom is -0.449 e. The number of benzene rings is 2. The summed E-state index contributed by atoms with van der Waals surface area (Å²) in [5.74, 6) is 0. The first-order chi connectivity index (χ1) is 13.4. The van der Waals surface area contributed by atoms with Gasteiger partial charge >= 0.3 is 6.09 Å². The molecule has 0 heterocycles. The fourth-order valence-corrected chi connectivity index (χ4v) is 3.81. The predicted octanol–water partition coefficient (Wildman–Crippen LogP) is 5.66. The standard InChI is InChI=1S/C20H25ClN2O4S/c1-2-3-4-5-8-15-27-20(24)22-16-11-13-17(14-12-16)28(25,26)23-19-10-7-6-9-18(19)21/h6-7,9-14,23H,2-5,8,15H2,1H3,(H,22,24). The van der Waals surface area contributed by atoms with Gasteiger partial charge in [-0.2, -0.15) is 0 Å². The lowest BCUT2D eigenvalue weighted by atomic mass is 10.2. The van der Waals surface area contributed by atoms with Crippen molar-refractivity contribution in [2.24, 2.45) is 0 Å². The first-order valence-corrected chi connectivity index (χ1v) is 11.1. The van der Waals surface area contributed by atoms with E-state index in [9.17, 15) is 13.2 Å². The molecule has 0 aliphatic rings. The predicted molar refractivity (Wildman–Crippen MR) is 112 cm³/mol. The molecule has 28 heavy (non-hydrogen) atoms. The van der Waals surface area contributed by atoms with Gasteiger partial charge in [-0.25, -0.2) is 13.2 Å². The molecule has 0 aromatic heterocycles. The second kappa shape index (κ2) is 10.9. The summed E-state index contributed by atoms with van der Waals surface area (Å²) in [6.45, 7) is 2.51. The number of ether oxygens (including phenoxy) is 1. The van der Waals surface area contributed by atoms with Crippen LogP contribution in [0.1, 0.15) is 39.0 Å². The van der Waals surface area contributed by atoms with Crippen molar-refractivity contribution in [2.45, 2.75) is 43.9 Å². The fraction of sp³-hybridized carbons (Fsp3) is 0.350. The molecule has 0 saturated carbocycles. The second-order valence-corrected chi connectivity index (χ2v) is 8.37. The number of unbranched alkanes of at least 4 members (excludes halogenated alkanes) is 4. The zero-order valence-corrected chi connectivity index (χ0v) is 17.4. The maximum atomic E-state index is 12.5. The molecular formula is C20H25ClN2O4S. The van der Waals surface area contributed by atoms with Crippen LogP contribution < -0.4 is 10.0 Å². The Hall–Kier alpha value is -2.25. The monoisotopic (exact) mass is 424 g/mol. The second-order valence-electron chi connectivity index (χ2n) is 6.28. The lowest BCUT2D eigenvalue weighted by Gasteiger charge is -2.10. The molecule has 152 valence electrons. The molecule has 1 amide bonds. The number of hydrogen-bond acceptors (Lipinski definition) is 4. The maximum Gasteiger partial charge on any atom is 0.411 e. The van der Waals surface area contributed by atoms with Gasteiger partial charge in [0.25, 0.3) is 10.0 Å². The van der Waals surface area contributed by atoms with Crippen LogP contribution in [0.3, 0.4) is 0 Å². The summed E-state index contributed by atoms with van der Waals surface area (Å²) in [6, 6.07) is 12.4. The highest BCUT2D eigenvalue weighted by Crippen LogP contribution is 2.24. The van der Waals surface area contributed by atoms with Gasteiger partial charge in [-0.15, -0.1) is 0 Å². The van der Waals surface area contributed by atoms with E-state index in [2.05, 4.69) is 17.0 Å². The van der Waals surface area contributed by atoms with Crippen molar-refractivity contribution in [3.63, 3.8) is 0 Å². The van der Waals surface area contributed by atoms with Crippen LogP contribution in [0, 0.1) is 0 Å². The number of carbonyl (C=O) groups is 1. The molecule has 2 aromatic rings. The third-order valence-electron chi connectivity index (χ3n) is 4.01. The van der Waals surface area contributed by atoms with Crippen molar-refractivity contribution < 1.29 is 17.9 Å². The average Bonchev–Trinajstić information content (AvgIpc) is 2.67. The van der Waals surface area contributed by atoms with Gasteiger partial charge in [0.15, 0.2) is 0 Å². The highest BCUT2D eigenvalue weighted by molar-refractivity contribution is 7.92. The van der Waals surface area contributed by atoms with E-state index in [1.165, 1.54) is 37.1 Å². The number of para-hydroxylation sites is 1. The van der Waals surface area contributed by atoms with Crippen molar-refractivity contribution in [3.8, 4) is 0 Å². The number of nitrogens with one attached hydrogen (secondary N) is 2. The van der Waals surface area contributed by atoms with E-state index in [-0.39, 0.29) is 4.90 Å². The number of carbonyl (C=O) groups excluding carboxylic acids is 1. The lowest BCUT2D eigenvalue weighted by molar-refractivity contribution is 0.159. The van der Waals surface area contributed by atoms with Gasteiger partial charge in [-0.1, -0.05) is 56.3 Å². The summed E-state index contributed by atoms with van der Waals surface area (Å²) in [4.78, 5) is 11.8. The third kappa shape index (κ3) is 7.05. The van der Waals surface area contributed by atoms with Crippen LogP contribution in [-0.4, -0.2) is 21.1 Å². The smallest absolute Gasteiger partial charge is 0.411 e. The van der Waals surface area contributed by atoms with Crippen molar-refractivity contribution >= 4 is 39.1 Å². The molecule has 0 aliphatic carbocycles. The Labute approximate surface area is 171 Å². The molecule has 0 unspecified atom stereocenters. The minimum atomic E-state index is -3.78. The van der Waals surface area contributed by atoms with Gasteiger partial charge in [0.2, 0.25) is 0 Å². The normalized spacial score (nSPS) is 11.1. The Bertz CT molecular complexity index is 870. The molecule has 0 spiro atoms. The van der Waals surface area contributed by atoms with Gasteiger partial charge in [-0.05, 0) is 42.8 Å². The van der Waals surface area contributed by atoms with E-state index >= 15 is 0 Å². The van der Waals surface area contributed by atoms with E-state index in [1.54, 1.807) is 24.3 Å². The van der Waals surface area contributed by atoms with Crippen molar-refractivity contribution in [2.75, 3.05) is 16.6 Å². The SMILES string of the molecule is CCCCCCCOC(=O)Nc1ccc(S(=O)(=O)Nc2ccccc2Cl)cc1. The fourth-order valence-electron chi connectivity index (χ4n) is 2.49. The van der Waals surface area contributed by atoms with Crippen LogP contribution in [0.4, 0.5) is 16.2 Å². The summed E-state index contributed by atoms with van der Waals surface area (Å²) < 4.78 is 32.5. The summed E-state index contributed by atoms with van der Waals surface area (Å²) in [6.07, 6.45) is 4.80. The molecule has 0 saturated heterocycles.